The van der Waals surface area contributed by atoms with Crippen molar-refractivity contribution >= 4 is 17.8 Å². The predicted octanol–water partition coefficient (Wildman–Crippen LogP) is 2.01. The number of amides is 2. The van der Waals surface area contributed by atoms with E-state index in [0.717, 1.165) is 25.9 Å². The highest BCUT2D eigenvalue weighted by molar-refractivity contribution is 5.98. The number of nitrogens with zero attached hydrogens (tertiary/aromatic N) is 3. The molecule has 230 valence electrons. The van der Waals surface area contributed by atoms with Crippen LogP contribution in [0.1, 0.15) is 52.9 Å². The number of likely N-dealkylation sites (tertiary alicyclic amines) is 1. The van der Waals surface area contributed by atoms with Crippen molar-refractivity contribution in [3.63, 3.8) is 0 Å². The molecule has 4 aliphatic rings. The van der Waals surface area contributed by atoms with E-state index >= 15 is 0 Å². The summed E-state index contributed by atoms with van der Waals surface area (Å²) in [5, 5.41) is 10.4. The zero-order chi connectivity index (χ0) is 29.8. The van der Waals surface area contributed by atoms with E-state index in [4.69, 9.17) is 14.2 Å². The van der Waals surface area contributed by atoms with Gasteiger partial charge in [0.25, 0.3) is 0 Å². The molecule has 10 nitrogen and oxygen atoms in total. The molecule has 4 aliphatic heterocycles. The van der Waals surface area contributed by atoms with Gasteiger partial charge in [0.15, 0.2) is 0 Å². The molecule has 0 aromatic heterocycles. The minimum absolute atomic E-state index is 0.112. The van der Waals surface area contributed by atoms with Crippen LogP contribution in [0.15, 0.2) is 25.3 Å². The maximum absolute atomic E-state index is 14.5. The lowest BCUT2D eigenvalue weighted by Gasteiger charge is -2.41. The number of ether oxygens (including phenoxy) is 3. The van der Waals surface area contributed by atoms with Gasteiger partial charge in [0, 0.05) is 32.7 Å². The van der Waals surface area contributed by atoms with Crippen molar-refractivity contribution in [3.05, 3.63) is 25.3 Å². The highest BCUT2D eigenvalue weighted by atomic mass is 16.6. The summed E-state index contributed by atoms with van der Waals surface area (Å²) in [6, 6.07) is -1.54. The molecule has 0 radical (unpaired) electrons. The molecule has 1 N–H and O–H groups in total. The molecular formula is C31H49N3O7. The van der Waals surface area contributed by atoms with Crippen LogP contribution in [0.3, 0.4) is 0 Å². The first-order chi connectivity index (χ1) is 19.6. The second kappa shape index (κ2) is 13.4. The van der Waals surface area contributed by atoms with Crippen LogP contribution in [0.25, 0.3) is 0 Å². The van der Waals surface area contributed by atoms with E-state index in [2.05, 4.69) is 18.1 Å². The Kier molecular flexibility index (Phi) is 10.3. The Bertz CT molecular complexity index is 983. The summed E-state index contributed by atoms with van der Waals surface area (Å²) >= 11 is 0. The van der Waals surface area contributed by atoms with E-state index in [1.54, 1.807) is 15.9 Å². The van der Waals surface area contributed by atoms with Crippen LogP contribution in [0.4, 0.5) is 0 Å². The first-order valence-electron chi connectivity index (χ1n) is 15.3. The van der Waals surface area contributed by atoms with Crippen LogP contribution >= 0.6 is 0 Å². The fourth-order valence-corrected chi connectivity index (χ4v) is 7.34. The number of hydrogen-bond acceptors (Lipinski definition) is 8. The van der Waals surface area contributed by atoms with Gasteiger partial charge in [-0.25, -0.2) is 0 Å². The molecule has 2 unspecified atom stereocenters. The van der Waals surface area contributed by atoms with Gasteiger partial charge in [0.2, 0.25) is 11.8 Å². The summed E-state index contributed by atoms with van der Waals surface area (Å²) in [6.07, 6.45) is 6.97. The van der Waals surface area contributed by atoms with E-state index in [9.17, 15) is 19.5 Å². The fraction of sp³-hybridized carbons (Fsp3) is 0.774. The van der Waals surface area contributed by atoms with Gasteiger partial charge in [-0.05, 0) is 44.9 Å². The third kappa shape index (κ3) is 5.98. The lowest BCUT2D eigenvalue weighted by atomic mass is 9.66. The van der Waals surface area contributed by atoms with Crippen molar-refractivity contribution in [1.29, 1.82) is 0 Å². The zero-order valence-electron chi connectivity index (χ0n) is 25.1. The fourth-order valence-electron chi connectivity index (χ4n) is 7.34. The Morgan fingerprint density at radius 3 is 2.56 bits per heavy atom. The topological polar surface area (TPSA) is 109 Å². The molecule has 10 heteroatoms. The van der Waals surface area contributed by atoms with Crippen LogP contribution in [-0.4, -0.2) is 120 Å². The molecule has 0 saturated carbocycles. The highest BCUT2D eigenvalue weighted by Crippen LogP contribution is 2.63. The maximum Gasteiger partial charge on any atom is 0.312 e. The molecule has 6 atom stereocenters. The van der Waals surface area contributed by atoms with E-state index in [1.807, 2.05) is 26.8 Å². The van der Waals surface area contributed by atoms with Gasteiger partial charge in [-0.2, -0.15) is 0 Å². The van der Waals surface area contributed by atoms with Gasteiger partial charge in [0.1, 0.15) is 17.6 Å². The van der Waals surface area contributed by atoms with Gasteiger partial charge in [0.05, 0.1) is 44.0 Å². The minimum Gasteiger partial charge on any atom is -0.465 e. The van der Waals surface area contributed by atoms with Gasteiger partial charge >= 0.3 is 5.97 Å². The second-order valence-corrected chi connectivity index (χ2v) is 12.4. The number of aliphatic hydroxyl groups excluding tert-OH is 1. The van der Waals surface area contributed by atoms with Crippen molar-refractivity contribution in [2.24, 2.45) is 17.8 Å². The Hall–Kier alpha value is -2.27. The molecule has 0 aromatic carbocycles. The number of carbonyl (C=O) groups is 3. The summed E-state index contributed by atoms with van der Waals surface area (Å²) in [5.74, 6) is -2.74. The number of fused-ring (bicyclic) bond motifs is 1. The summed E-state index contributed by atoms with van der Waals surface area (Å²) < 4.78 is 17.9. The van der Waals surface area contributed by atoms with Crippen molar-refractivity contribution in [2.45, 2.75) is 76.2 Å². The predicted molar refractivity (Wildman–Crippen MR) is 154 cm³/mol. The zero-order valence-corrected chi connectivity index (χ0v) is 25.1. The standard InChI is InChI=1S/C31H49N3O7/c1-6-8-9-10-18-40-29(38)25-24-27(36)34(23(21-35)22(3)4)26(31(24)12-11-30(25,5)41-31)28(37)33(13-7-2)15-14-32-16-19-39-20-17-32/h6-7,22-26,35H,1-2,8-21H2,3-5H3/t23-,24-,25+,26?,30-,31?/m0/s1. The first kappa shape index (κ1) is 31.7. The van der Waals surface area contributed by atoms with E-state index in [0.29, 0.717) is 52.1 Å². The summed E-state index contributed by atoms with van der Waals surface area (Å²) in [6.45, 7) is 17.7. The van der Waals surface area contributed by atoms with Gasteiger partial charge in [-0.3, -0.25) is 19.3 Å². The number of allylic oxidation sites excluding steroid dienone is 1. The van der Waals surface area contributed by atoms with E-state index < -0.39 is 41.1 Å². The molecule has 41 heavy (non-hydrogen) atoms. The molecule has 2 bridgehead atoms. The Morgan fingerprint density at radius 2 is 1.93 bits per heavy atom. The van der Waals surface area contributed by atoms with Crippen molar-refractivity contribution in [3.8, 4) is 0 Å². The van der Waals surface area contributed by atoms with Crippen LogP contribution in [-0.2, 0) is 28.6 Å². The molecule has 0 aromatic rings. The molecule has 0 aliphatic carbocycles. The highest BCUT2D eigenvalue weighted by Gasteiger charge is 2.79. The second-order valence-electron chi connectivity index (χ2n) is 12.4. The first-order valence-corrected chi connectivity index (χ1v) is 15.3. The molecule has 2 amide bonds. The number of aliphatic hydroxyl groups is 1. The van der Waals surface area contributed by atoms with E-state index in [-0.39, 0.29) is 30.9 Å². The summed E-state index contributed by atoms with van der Waals surface area (Å²) in [5.41, 5.74) is -2.05. The number of rotatable bonds is 15. The minimum atomic E-state index is -1.16. The smallest absolute Gasteiger partial charge is 0.312 e. The van der Waals surface area contributed by atoms with Crippen LogP contribution in [0.2, 0.25) is 0 Å². The monoisotopic (exact) mass is 575 g/mol. The van der Waals surface area contributed by atoms with Gasteiger partial charge < -0.3 is 29.1 Å². The number of hydrogen-bond donors (Lipinski definition) is 1. The number of unbranched alkanes of at least 4 members (excludes halogenated alkanes) is 2. The normalized spacial score (nSPS) is 31.8. The lowest BCUT2D eigenvalue weighted by Crippen LogP contribution is -2.60. The molecular weight excluding hydrogens is 526 g/mol. The van der Waals surface area contributed by atoms with Gasteiger partial charge in [-0.1, -0.05) is 26.0 Å². The van der Waals surface area contributed by atoms with Crippen molar-refractivity contribution in [2.75, 3.05) is 59.2 Å². The third-order valence-corrected chi connectivity index (χ3v) is 9.51. The van der Waals surface area contributed by atoms with Crippen LogP contribution in [0.5, 0.6) is 0 Å². The third-order valence-electron chi connectivity index (χ3n) is 9.51. The van der Waals surface area contributed by atoms with Crippen molar-refractivity contribution in [1.82, 2.24) is 14.7 Å². The summed E-state index contributed by atoms with van der Waals surface area (Å²) in [4.78, 5) is 48.0. The molecule has 4 rings (SSSR count). The number of morpholine rings is 1. The molecule has 4 fully saturated rings. The largest absolute Gasteiger partial charge is 0.465 e. The Labute approximate surface area is 244 Å². The van der Waals surface area contributed by atoms with Gasteiger partial charge in [-0.15, -0.1) is 13.2 Å². The summed E-state index contributed by atoms with van der Waals surface area (Å²) in [7, 11) is 0. The molecule has 1 spiro atoms. The Morgan fingerprint density at radius 1 is 1.20 bits per heavy atom. The molecule has 4 heterocycles. The number of carbonyl (C=O) groups excluding carboxylic acids is 3. The average Bonchev–Trinajstić information content (AvgIpc) is 3.52. The van der Waals surface area contributed by atoms with Crippen molar-refractivity contribution < 1.29 is 33.7 Å². The SMILES string of the molecule is C=CCCCCOC(=O)[C@H]1[C@H]2C(=O)N([C@@H](CO)C(C)C)C(C(=O)N(CC=C)CCN3CCOCC3)C23CC[C@]1(C)O3. The average molecular weight is 576 g/mol. The Balaban J connectivity index is 1.65. The lowest BCUT2D eigenvalue weighted by molar-refractivity contribution is -0.162. The number of esters is 1. The molecule has 4 saturated heterocycles. The van der Waals surface area contributed by atoms with E-state index in [1.165, 1.54) is 0 Å². The van der Waals surface area contributed by atoms with Crippen LogP contribution in [0, 0.1) is 17.8 Å². The maximum atomic E-state index is 14.5. The van der Waals surface area contributed by atoms with Crippen LogP contribution < -0.4 is 0 Å². The quantitative estimate of drug-likeness (QED) is 0.180.